The SMILES string of the molecule is CN=C(NCC(=O)NCc1ccccc1)N(C)Cc1ccc(C)cc1. The Balaban J connectivity index is 1.78. The molecule has 2 N–H and O–H groups in total. The summed E-state index contributed by atoms with van der Waals surface area (Å²) in [7, 11) is 3.67. The van der Waals surface area contributed by atoms with Crippen LogP contribution in [0.3, 0.4) is 0 Å². The van der Waals surface area contributed by atoms with Crippen LogP contribution >= 0.6 is 0 Å². The molecule has 2 rings (SSSR count). The Morgan fingerprint density at radius 1 is 1.00 bits per heavy atom. The normalized spacial score (nSPS) is 11.1. The molecule has 5 heteroatoms. The number of hydrogen-bond donors (Lipinski definition) is 2. The summed E-state index contributed by atoms with van der Waals surface area (Å²) >= 11 is 0. The molecule has 132 valence electrons. The minimum Gasteiger partial charge on any atom is -0.350 e. The Hall–Kier alpha value is -2.82. The van der Waals surface area contributed by atoms with Crippen molar-refractivity contribution in [2.45, 2.75) is 20.0 Å². The van der Waals surface area contributed by atoms with Gasteiger partial charge in [0.25, 0.3) is 0 Å². The van der Waals surface area contributed by atoms with E-state index in [1.165, 1.54) is 11.1 Å². The van der Waals surface area contributed by atoms with E-state index >= 15 is 0 Å². The van der Waals surface area contributed by atoms with E-state index in [-0.39, 0.29) is 12.5 Å². The van der Waals surface area contributed by atoms with Crippen LogP contribution in [0, 0.1) is 6.92 Å². The summed E-state index contributed by atoms with van der Waals surface area (Å²) in [6.45, 7) is 3.52. The van der Waals surface area contributed by atoms with Crippen LogP contribution in [0.15, 0.2) is 59.6 Å². The molecule has 1 amide bonds. The number of aryl methyl sites for hydroxylation is 1. The van der Waals surface area contributed by atoms with Gasteiger partial charge in [0.2, 0.25) is 5.91 Å². The van der Waals surface area contributed by atoms with Crippen LogP contribution in [0.2, 0.25) is 0 Å². The molecule has 0 heterocycles. The van der Waals surface area contributed by atoms with Gasteiger partial charge in [0.15, 0.2) is 5.96 Å². The number of nitrogens with one attached hydrogen (secondary N) is 2. The zero-order valence-corrected chi connectivity index (χ0v) is 15.1. The van der Waals surface area contributed by atoms with E-state index in [0.717, 1.165) is 12.1 Å². The zero-order chi connectivity index (χ0) is 18.1. The van der Waals surface area contributed by atoms with Gasteiger partial charge in [-0.3, -0.25) is 9.79 Å². The molecule has 2 aromatic carbocycles. The van der Waals surface area contributed by atoms with Crippen LogP contribution in [0.5, 0.6) is 0 Å². The fraction of sp³-hybridized carbons (Fsp3) is 0.300. The van der Waals surface area contributed by atoms with Crippen molar-refractivity contribution < 1.29 is 4.79 Å². The van der Waals surface area contributed by atoms with Gasteiger partial charge in [0, 0.05) is 27.2 Å². The second-order valence-electron chi connectivity index (χ2n) is 6.00. The number of hydrogen-bond acceptors (Lipinski definition) is 2. The molecule has 0 fully saturated rings. The molecule has 0 unspecified atom stereocenters. The van der Waals surface area contributed by atoms with Crippen LogP contribution in [-0.4, -0.2) is 37.4 Å². The summed E-state index contributed by atoms with van der Waals surface area (Å²) in [6, 6.07) is 18.2. The molecular formula is C20H26N4O. The van der Waals surface area contributed by atoms with Crippen LogP contribution in [-0.2, 0) is 17.9 Å². The Morgan fingerprint density at radius 3 is 2.32 bits per heavy atom. The van der Waals surface area contributed by atoms with Gasteiger partial charge in [-0.05, 0) is 18.1 Å². The number of aliphatic imine (C=N–C) groups is 1. The maximum absolute atomic E-state index is 12.0. The fourth-order valence-electron chi connectivity index (χ4n) is 2.45. The number of carbonyl (C=O) groups excluding carboxylic acids is 1. The predicted octanol–water partition coefficient (Wildman–Crippen LogP) is 2.32. The van der Waals surface area contributed by atoms with Crippen molar-refractivity contribution in [2.24, 2.45) is 4.99 Å². The molecule has 2 aromatic rings. The van der Waals surface area contributed by atoms with Crippen LogP contribution in [0.4, 0.5) is 0 Å². The Labute approximate surface area is 149 Å². The van der Waals surface area contributed by atoms with Crippen molar-refractivity contribution in [1.82, 2.24) is 15.5 Å². The molecule has 0 atom stereocenters. The number of carbonyl (C=O) groups is 1. The smallest absolute Gasteiger partial charge is 0.239 e. The van der Waals surface area contributed by atoms with E-state index in [0.29, 0.717) is 12.5 Å². The molecule has 5 nitrogen and oxygen atoms in total. The first-order chi connectivity index (χ1) is 12.1. The summed E-state index contributed by atoms with van der Waals surface area (Å²) in [5.41, 5.74) is 3.52. The third-order valence-corrected chi connectivity index (χ3v) is 3.85. The number of benzene rings is 2. The van der Waals surface area contributed by atoms with E-state index in [1.807, 2.05) is 42.3 Å². The lowest BCUT2D eigenvalue weighted by Crippen LogP contribution is -2.43. The first kappa shape index (κ1) is 18.5. The molecule has 0 aliphatic carbocycles. The van der Waals surface area contributed by atoms with Crippen LogP contribution < -0.4 is 10.6 Å². The Morgan fingerprint density at radius 2 is 1.68 bits per heavy atom. The first-order valence-electron chi connectivity index (χ1n) is 8.36. The first-order valence-corrected chi connectivity index (χ1v) is 8.36. The number of amides is 1. The van der Waals surface area contributed by atoms with Crippen molar-refractivity contribution in [3.05, 3.63) is 71.3 Å². The third kappa shape index (κ3) is 6.30. The molecule has 25 heavy (non-hydrogen) atoms. The topological polar surface area (TPSA) is 56.7 Å². The summed E-state index contributed by atoms with van der Waals surface area (Å²) in [6.07, 6.45) is 0. The van der Waals surface area contributed by atoms with E-state index in [2.05, 4.69) is 46.8 Å². The molecule has 0 radical (unpaired) electrons. The Bertz CT molecular complexity index is 695. The van der Waals surface area contributed by atoms with Gasteiger partial charge in [-0.2, -0.15) is 0 Å². The average molecular weight is 338 g/mol. The highest BCUT2D eigenvalue weighted by molar-refractivity contribution is 5.86. The molecule has 0 aliphatic heterocycles. The highest BCUT2D eigenvalue weighted by Gasteiger charge is 2.08. The second-order valence-corrected chi connectivity index (χ2v) is 6.00. The third-order valence-electron chi connectivity index (χ3n) is 3.85. The average Bonchev–Trinajstić information content (AvgIpc) is 2.63. The van der Waals surface area contributed by atoms with E-state index in [1.54, 1.807) is 7.05 Å². The molecule has 0 saturated heterocycles. The van der Waals surface area contributed by atoms with Crippen molar-refractivity contribution in [3.8, 4) is 0 Å². The Kier molecular flexibility index (Phi) is 7.01. The molecule has 0 aromatic heterocycles. The quantitative estimate of drug-likeness (QED) is 0.628. The predicted molar refractivity (Wildman–Crippen MR) is 102 cm³/mol. The number of rotatable bonds is 6. The van der Waals surface area contributed by atoms with Crippen LogP contribution in [0.25, 0.3) is 0 Å². The summed E-state index contributed by atoms with van der Waals surface area (Å²) in [5.74, 6) is 0.629. The van der Waals surface area contributed by atoms with Crippen molar-refractivity contribution in [1.29, 1.82) is 0 Å². The molecule has 0 spiro atoms. The minimum absolute atomic E-state index is 0.0614. The molecular weight excluding hydrogens is 312 g/mol. The minimum atomic E-state index is -0.0614. The van der Waals surface area contributed by atoms with Gasteiger partial charge < -0.3 is 15.5 Å². The number of nitrogens with zero attached hydrogens (tertiary/aromatic N) is 2. The van der Waals surface area contributed by atoms with Gasteiger partial charge in [0.05, 0.1) is 6.54 Å². The monoisotopic (exact) mass is 338 g/mol. The standard InChI is InChI=1S/C20H26N4O/c1-16-9-11-18(12-10-16)15-24(3)20(21-2)23-14-19(25)22-13-17-7-5-4-6-8-17/h4-12H,13-15H2,1-3H3,(H,21,23)(H,22,25). The highest BCUT2D eigenvalue weighted by atomic mass is 16.1. The van der Waals surface area contributed by atoms with Gasteiger partial charge in [-0.15, -0.1) is 0 Å². The van der Waals surface area contributed by atoms with Gasteiger partial charge in [0.1, 0.15) is 0 Å². The van der Waals surface area contributed by atoms with Gasteiger partial charge >= 0.3 is 0 Å². The highest BCUT2D eigenvalue weighted by Crippen LogP contribution is 2.06. The van der Waals surface area contributed by atoms with Crippen LogP contribution in [0.1, 0.15) is 16.7 Å². The maximum Gasteiger partial charge on any atom is 0.239 e. The summed E-state index contributed by atoms with van der Waals surface area (Å²) in [5, 5.41) is 6.00. The van der Waals surface area contributed by atoms with Crippen molar-refractivity contribution in [3.63, 3.8) is 0 Å². The van der Waals surface area contributed by atoms with E-state index in [4.69, 9.17) is 0 Å². The van der Waals surface area contributed by atoms with Crippen molar-refractivity contribution >= 4 is 11.9 Å². The van der Waals surface area contributed by atoms with E-state index < -0.39 is 0 Å². The summed E-state index contributed by atoms with van der Waals surface area (Å²) < 4.78 is 0. The second kappa shape index (κ2) is 9.47. The summed E-state index contributed by atoms with van der Waals surface area (Å²) in [4.78, 5) is 18.2. The van der Waals surface area contributed by atoms with Gasteiger partial charge in [-0.1, -0.05) is 60.2 Å². The zero-order valence-electron chi connectivity index (χ0n) is 15.1. The molecule has 0 bridgehead atoms. The molecule has 0 saturated carbocycles. The number of guanidine groups is 1. The lowest BCUT2D eigenvalue weighted by molar-refractivity contribution is -0.120. The lowest BCUT2D eigenvalue weighted by atomic mass is 10.1. The van der Waals surface area contributed by atoms with E-state index in [9.17, 15) is 4.79 Å². The lowest BCUT2D eigenvalue weighted by Gasteiger charge is -2.22. The largest absolute Gasteiger partial charge is 0.350 e. The molecule has 0 aliphatic rings. The van der Waals surface area contributed by atoms with Gasteiger partial charge in [-0.25, -0.2) is 0 Å². The maximum atomic E-state index is 12.0. The fourth-order valence-corrected chi connectivity index (χ4v) is 2.45. The van der Waals surface area contributed by atoms with Crippen molar-refractivity contribution in [2.75, 3.05) is 20.6 Å².